The van der Waals surface area contributed by atoms with Gasteiger partial charge >= 0.3 is 0 Å². The average molecular weight is 734 g/mol. The van der Waals surface area contributed by atoms with Crippen LogP contribution < -0.4 is 0 Å². The van der Waals surface area contributed by atoms with Gasteiger partial charge in [0.2, 0.25) is 0 Å². The number of hydrogen-bond donors (Lipinski definition) is 0. The second-order valence-electron chi connectivity index (χ2n) is 14.0. The summed E-state index contributed by atoms with van der Waals surface area (Å²) in [6.45, 7) is 0. The summed E-state index contributed by atoms with van der Waals surface area (Å²) in [6, 6.07) is 65.7. The van der Waals surface area contributed by atoms with Crippen LogP contribution in [-0.2, 0) is 0 Å². The molecule has 0 spiro atoms. The Labute approximate surface area is 327 Å². The van der Waals surface area contributed by atoms with Gasteiger partial charge in [0, 0.05) is 53.2 Å². The van der Waals surface area contributed by atoms with E-state index in [1.807, 2.05) is 72.0 Å². The second-order valence-corrected chi connectivity index (χ2v) is 15.0. The molecule has 0 fully saturated rings. The van der Waals surface area contributed by atoms with Crippen molar-refractivity contribution in [2.75, 3.05) is 0 Å². The minimum atomic E-state index is 0.626. The molecule has 11 rings (SSSR count). The van der Waals surface area contributed by atoms with Crippen LogP contribution >= 0.6 is 11.3 Å². The zero-order chi connectivity index (χ0) is 37.0. The van der Waals surface area contributed by atoms with Gasteiger partial charge in [-0.15, -0.1) is 11.3 Å². The maximum absolute atomic E-state index is 6.65. The minimum Gasteiger partial charge on any atom is -0.456 e. The van der Waals surface area contributed by atoms with Crippen LogP contribution in [0.1, 0.15) is 0 Å². The molecular formula is C51H31N3OS. The van der Waals surface area contributed by atoms with Crippen LogP contribution in [0.25, 0.3) is 110 Å². The summed E-state index contributed by atoms with van der Waals surface area (Å²) in [6.07, 6.45) is 0. The summed E-state index contributed by atoms with van der Waals surface area (Å²) in [7, 11) is 0. The number of thiophene rings is 1. The molecular weight excluding hydrogens is 703 g/mol. The van der Waals surface area contributed by atoms with Crippen molar-refractivity contribution in [2.45, 2.75) is 0 Å². The molecule has 11 aromatic rings. The normalized spacial score (nSPS) is 11.6. The van der Waals surface area contributed by atoms with Gasteiger partial charge in [-0.3, -0.25) is 0 Å². The van der Waals surface area contributed by atoms with Crippen molar-refractivity contribution in [3.63, 3.8) is 0 Å². The Kier molecular flexibility index (Phi) is 7.64. The number of nitrogens with zero attached hydrogens (tertiary/aromatic N) is 3. The van der Waals surface area contributed by atoms with Crippen LogP contribution in [0.2, 0.25) is 0 Å². The molecule has 4 nitrogen and oxygen atoms in total. The molecule has 0 atom stereocenters. The first kappa shape index (κ1) is 32.2. The highest BCUT2D eigenvalue weighted by molar-refractivity contribution is 7.26. The Bertz CT molecular complexity index is 3200. The van der Waals surface area contributed by atoms with E-state index >= 15 is 0 Å². The van der Waals surface area contributed by atoms with Crippen LogP contribution in [-0.4, -0.2) is 15.0 Å². The number of benzene rings is 8. The number of rotatable bonds is 6. The van der Waals surface area contributed by atoms with Gasteiger partial charge in [-0.2, -0.15) is 0 Å². The van der Waals surface area contributed by atoms with Crippen LogP contribution in [0.5, 0.6) is 0 Å². The van der Waals surface area contributed by atoms with Crippen molar-refractivity contribution in [1.29, 1.82) is 0 Å². The van der Waals surface area contributed by atoms with Gasteiger partial charge in [0.1, 0.15) is 11.2 Å². The maximum Gasteiger partial charge on any atom is 0.164 e. The lowest BCUT2D eigenvalue weighted by atomic mass is 9.93. The fraction of sp³-hybridized carbons (Fsp3) is 0. The smallest absolute Gasteiger partial charge is 0.164 e. The van der Waals surface area contributed by atoms with Crippen LogP contribution in [0.15, 0.2) is 192 Å². The Morgan fingerprint density at radius 2 is 0.821 bits per heavy atom. The largest absolute Gasteiger partial charge is 0.456 e. The predicted molar refractivity (Wildman–Crippen MR) is 233 cm³/mol. The molecule has 0 bridgehead atoms. The zero-order valence-electron chi connectivity index (χ0n) is 30.1. The van der Waals surface area contributed by atoms with Gasteiger partial charge in [-0.25, -0.2) is 15.0 Å². The summed E-state index contributed by atoms with van der Waals surface area (Å²) in [5, 5.41) is 4.79. The molecule has 0 aliphatic heterocycles. The first-order valence-electron chi connectivity index (χ1n) is 18.7. The summed E-state index contributed by atoms with van der Waals surface area (Å²) in [5.41, 5.74) is 11.4. The van der Waals surface area contributed by atoms with E-state index < -0.39 is 0 Å². The van der Waals surface area contributed by atoms with Crippen LogP contribution in [0.4, 0.5) is 0 Å². The van der Waals surface area contributed by atoms with Crippen molar-refractivity contribution >= 4 is 53.4 Å². The van der Waals surface area contributed by atoms with Crippen molar-refractivity contribution in [1.82, 2.24) is 15.0 Å². The molecule has 262 valence electrons. The maximum atomic E-state index is 6.65. The number of aromatic nitrogens is 3. The molecule has 0 amide bonds. The molecule has 0 unspecified atom stereocenters. The Morgan fingerprint density at radius 1 is 0.321 bits per heavy atom. The highest BCUT2D eigenvalue weighted by Crippen LogP contribution is 2.43. The molecule has 0 aliphatic carbocycles. The molecule has 0 radical (unpaired) electrons. The van der Waals surface area contributed by atoms with Gasteiger partial charge in [0.15, 0.2) is 17.5 Å². The molecule has 0 saturated heterocycles. The molecule has 5 heteroatoms. The minimum absolute atomic E-state index is 0.626. The van der Waals surface area contributed by atoms with E-state index in [2.05, 4.69) is 127 Å². The predicted octanol–water partition coefficient (Wildman–Crippen LogP) is 14.1. The summed E-state index contributed by atoms with van der Waals surface area (Å²) in [5.74, 6) is 1.91. The Balaban J connectivity index is 0.972. The Hall–Kier alpha value is -7.21. The highest BCUT2D eigenvalue weighted by atomic mass is 32.1. The van der Waals surface area contributed by atoms with Crippen molar-refractivity contribution < 1.29 is 4.42 Å². The van der Waals surface area contributed by atoms with Crippen molar-refractivity contribution in [3.05, 3.63) is 188 Å². The van der Waals surface area contributed by atoms with E-state index in [0.29, 0.717) is 17.5 Å². The van der Waals surface area contributed by atoms with Crippen molar-refractivity contribution in [2.24, 2.45) is 0 Å². The van der Waals surface area contributed by atoms with E-state index in [9.17, 15) is 0 Å². The summed E-state index contributed by atoms with van der Waals surface area (Å²) >= 11 is 1.86. The summed E-state index contributed by atoms with van der Waals surface area (Å²) < 4.78 is 9.26. The van der Waals surface area contributed by atoms with E-state index in [1.54, 1.807) is 0 Å². The lowest BCUT2D eigenvalue weighted by Crippen LogP contribution is -2.00. The van der Waals surface area contributed by atoms with E-state index in [1.165, 1.54) is 36.9 Å². The average Bonchev–Trinajstić information content (AvgIpc) is 3.85. The van der Waals surface area contributed by atoms with E-state index in [4.69, 9.17) is 19.4 Å². The van der Waals surface area contributed by atoms with Gasteiger partial charge in [-0.05, 0) is 64.2 Å². The molecule has 0 aliphatic rings. The van der Waals surface area contributed by atoms with E-state index in [-0.39, 0.29) is 0 Å². The van der Waals surface area contributed by atoms with Crippen molar-refractivity contribution in [3.8, 4) is 67.5 Å². The van der Waals surface area contributed by atoms with Crippen LogP contribution in [0.3, 0.4) is 0 Å². The van der Waals surface area contributed by atoms with Gasteiger partial charge in [0.05, 0.1) is 0 Å². The molecule has 3 heterocycles. The Morgan fingerprint density at radius 3 is 1.55 bits per heavy atom. The molecule has 0 saturated carbocycles. The third-order valence-electron chi connectivity index (χ3n) is 10.6. The SMILES string of the molecule is c1ccc(-c2nc(-c3ccccc3)nc(-c3cccc(-c4ccc5c(c4)oc4cc(-c6ccccc6-c6cccc7c6sc6ccccc67)ccc45)c3)n2)cc1. The first-order valence-corrected chi connectivity index (χ1v) is 19.5. The first-order chi connectivity index (χ1) is 27.7. The zero-order valence-corrected chi connectivity index (χ0v) is 30.9. The number of furan rings is 1. The standard InChI is InChI=1S/C51H31N3OS/c1-3-13-32(14-4-1)49-52-50(33-15-5-2-6-16-33)54-51(53-49)37-18-11-17-34(29-37)35-25-27-40-41-28-26-36(31-46(41)55-45(40)30-35)38-19-7-8-20-39(38)43-22-12-23-44-42-21-9-10-24-47(42)56-48(43)44/h1-31H. The summed E-state index contributed by atoms with van der Waals surface area (Å²) in [4.78, 5) is 14.8. The third-order valence-corrected chi connectivity index (χ3v) is 11.8. The molecule has 8 aromatic carbocycles. The number of hydrogen-bond acceptors (Lipinski definition) is 5. The quantitative estimate of drug-likeness (QED) is 0.171. The topological polar surface area (TPSA) is 51.8 Å². The lowest BCUT2D eigenvalue weighted by Gasteiger charge is -2.11. The monoisotopic (exact) mass is 733 g/mol. The fourth-order valence-corrected chi connectivity index (χ4v) is 9.06. The second kappa shape index (κ2) is 13.3. The van der Waals surface area contributed by atoms with Crippen LogP contribution in [0, 0.1) is 0 Å². The fourth-order valence-electron chi connectivity index (χ4n) is 7.83. The van der Waals surface area contributed by atoms with Gasteiger partial charge in [0.25, 0.3) is 0 Å². The molecule has 56 heavy (non-hydrogen) atoms. The highest BCUT2D eigenvalue weighted by Gasteiger charge is 2.17. The van der Waals surface area contributed by atoms with Gasteiger partial charge in [-0.1, -0.05) is 152 Å². The van der Waals surface area contributed by atoms with E-state index in [0.717, 1.165) is 55.3 Å². The molecule has 3 aromatic heterocycles. The van der Waals surface area contributed by atoms with Gasteiger partial charge < -0.3 is 4.42 Å². The number of fused-ring (bicyclic) bond motifs is 6. The lowest BCUT2D eigenvalue weighted by molar-refractivity contribution is 0.669. The third kappa shape index (κ3) is 5.56. The molecule has 0 N–H and O–H groups in total.